The molecule has 0 unspecified atom stereocenters. The van der Waals surface area contributed by atoms with Crippen LogP contribution < -0.4 is 10.2 Å². The Hall–Kier alpha value is -3.07. The standard InChI is InChI=1S/C20H24FN7O/c1-11(2)17-10-28(9-12(3)24-17)20-22-8-16(25-27-20)14-5-4-13(6-18(14)29)15-7-23-26-19(15)21/h4-8,11-12,17,24,29H,9-10H2,1-3H3,(H,23,26)/t12-,17-/m0/s1. The first kappa shape index (κ1) is 19.3. The Morgan fingerprint density at radius 3 is 2.62 bits per heavy atom. The fourth-order valence-electron chi connectivity index (χ4n) is 3.60. The number of aromatic nitrogens is 5. The molecule has 0 radical (unpaired) electrons. The van der Waals surface area contributed by atoms with E-state index in [1.807, 2.05) is 0 Å². The van der Waals surface area contributed by atoms with Gasteiger partial charge >= 0.3 is 0 Å². The number of phenols is 1. The molecule has 0 amide bonds. The Bertz CT molecular complexity index is 989. The average molecular weight is 397 g/mol. The predicted octanol–water partition coefficient (Wildman–Crippen LogP) is 2.60. The molecule has 1 aromatic carbocycles. The highest BCUT2D eigenvalue weighted by Crippen LogP contribution is 2.32. The van der Waals surface area contributed by atoms with Crippen molar-refractivity contribution in [2.75, 3.05) is 18.0 Å². The molecule has 3 heterocycles. The van der Waals surface area contributed by atoms with Gasteiger partial charge in [-0.15, -0.1) is 10.2 Å². The molecule has 1 aliphatic heterocycles. The van der Waals surface area contributed by atoms with Crippen LogP contribution in [0.3, 0.4) is 0 Å². The van der Waals surface area contributed by atoms with Crippen molar-refractivity contribution < 1.29 is 9.50 Å². The van der Waals surface area contributed by atoms with Crippen molar-refractivity contribution >= 4 is 5.95 Å². The largest absolute Gasteiger partial charge is 0.507 e. The lowest BCUT2D eigenvalue weighted by molar-refractivity contribution is 0.319. The molecule has 1 aliphatic rings. The smallest absolute Gasteiger partial charge is 0.245 e. The second-order valence-electron chi connectivity index (χ2n) is 7.80. The highest BCUT2D eigenvalue weighted by molar-refractivity contribution is 5.73. The molecule has 9 heteroatoms. The summed E-state index contributed by atoms with van der Waals surface area (Å²) in [6, 6.07) is 5.54. The Morgan fingerprint density at radius 1 is 1.17 bits per heavy atom. The molecular weight excluding hydrogens is 373 g/mol. The van der Waals surface area contributed by atoms with Crippen molar-refractivity contribution in [3.05, 3.63) is 36.5 Å². The minimum absolute atomic E-state index is 0.0254. The maximum atomic E-state index is 13.7. The number of hydrogen-bond acceptors (Lipinski definition) is 7. The summed E-state index contributed by atoms with van der Waals surface area (Å²) in [4.78, 5) is 6.61. The second kappa shape index (κ2) is 7.75. The first-order valence-electron chi connectivity index (χ1n) is 9.65. The topological polar surface area (TPSA) is 103 Å². The SMILES string of the molecule is CC(C)[C@@H]1CN(c2ncc(-c3ccc(-c4cn[nH]c4F)cc3O)nn2)C[C@H](C)N1. The molecule has 0 spiro atoms. The summed E-state index contributed by atoms with van der Waals surface area (Å²) >= 11 is 0. The molecule has 1 saturated heterocycles. The van der Waals surface area contributed by atoms with Gasteiger partial charge in [0.15, 0.2) is 0 Å². The van der Waals surface area contributed by atoms with Crippen LogP contribution in [-0.4, -0.2) is 55.7 Å². The lowest BCUT2D eigenvalue weighted by atomic mass is 10.00. The molecule has 29 heavy (non-hydrogen) atoms. The van der Waals surface area contributed by atoms with E-state index in [1.54, 1.807) is 18.3 Å². The number of halogens is 1. The first-order valence-corrected chi connectivity index (χ1v) is 9.65. The molecule has 2 atom stereocenters. The van der Waals surface area contributed by atoms with Gasteiger partial charge in [0.25, 0.3) is 0 Å². The number of benzene rings is 1. The molecule has 0 saturated carbocycles. The Labute approximate surface area is 168 Å². The lowest BCUT2D eigenvalue weighted by Gasteiger charge is -2.39. The van der Waals surface area contributed by atoms with Gasteiger partial charge < -0.3 is 15.3 Å². The fraction of sp³-hybridized carbons (Fsp3) is 0.400. The normalized spacial score (nSPS) is 19.7. The van der Waals surface area contributed by atoms with Crippen LogP contribution in [0.5, 0.6) is 5.75 Å². The van der Waals surface area contributed by atoms with Crippen LogP contribution in [0.25, 0.3) is 22.4 Å². The van der Waals surface area contributed by atoms with Crippen LogP contribution in [0.1, 0.15) is 20.8 Å². The number of hydrogen-bond donors (Lipinski definition) is 3. The van der Waals surface area contributed by atoms with Gasteiger partial charge in [0.1, 0.15) is 11.4 Å². The molecular formula is C20H24FN7O. The van der Waals surface area contributed by atoms with E-state index in [-0.39, 0.29) is 5.75 Å². The predicted molar refractivity (Wildman–Crippen MR) is 108 cm³/mol. The number of aromatic amines is 1. The zero-order chi connectivity index (χ0) is 20.5. The number of anilines is 1. The van der Waals surface area contributed by atoms with E-state index in [2.05, 4.69) is 56.4 Å². The monoisotopic (exact) mass is 397 g/mol. The third kappa shape index (κ3) is 3.91. The number of nitrogens with zero attached hydrogens (tertiary/aromatic N) is 5. The molecule has 3 N–H and O–H groups in total. The van der Waals surface area contributed by atoms with Gasteiger partial charge in [-0.3, -0.25) is 5.10 Å². The van der Waals surface area contributed by atoms with E-state index < -0.39 is 5.95 Å². The fourth-order valence-corrected chi connectivity index (χ4v) is 3.60. The number of phenolic OH excluding ortho intramolecular Hbond substituents is 1. The van der Waals surface area contributed by atoms with Gasteiger partial charge in [-0.2, -0.15) is 9.49 Å². The van der Waals surface area contributed by atoms with Crippen LogP contribution in [0, 0.1) is 11.9 Å². The van der Waals surface area contributed by atoms with Gasteiger partial charge in [0, 0.05) is 30.7 Å². The van der Waals surface area contributed by atoms with Crippen LogP contribution in [0.4, 0.5) is 10.3 Å². The third-order valence-electron chi connectivity index (χ3n) is 5.22. The Kier molecular flexibility index (Phi) is 5.14. The highest BCUT2D eigenvalue weighted by Gasteiger charge is 2.27. The van der Waals surface area contributed by atoms with Crippen molar-refractivity contribution in [2.24, 2.45) is 5.92 Å². The van der Waals surface area contributed by atoms with Gasteiger partial charge in [-0.05, 0) is 30.5 Å². The molecule has 3 aromatic rings. The maximum absolute atomic E-state index is 13.7. The number of aromatic hydroxyl groups is 1. The highest BCUT2D eigenvalue weighted by atomic mass is 19.1. The van der Waals surface area contributed by atoms with Crippen molar-refractivity contribution in [1.82, 2.24) is 30.7 Å². The molecule has 8 nitrogen and oxygen atoms in total. The number of rotatable bonds is 4. The summed E-state index contributed by atoms with van der Waals surface area (Å²) in [5.74, 6) is 0.503. The zero-order valence-electron chi connectivity index (χ0n) is 16.6. The Balaban J connectivity index is 1.56. The van der Waals surface area contributed by atoms with Crippen molar-refractivity contribution in [2.45, 2.75) is 32.9 Å². The number of piperazine rings is 1. The van der Waals surface area contributed by atoms with Crippen molar-refractivity contribution in [1.29, 1.82) is 0 Å². The van der Waals surface area contributed by atoms with E-state index >= 15 is 0 Å². The van der Waals surface area contributed by atoms with Gasteiger partial charge in [0.2, 0.25) is 11.9 Å². The van der Waals surface area contributed by atoms with Gasteiger partial charge in [-0.25, -0.2) is 4.98 Å². The minimum atomic E-state index is -0.548. The van der Waals surface area contributed by atoms with E-state index in [4.69, 9.17) is 0 Å². The summed E-state index contributed by atoms with van der Waals surface area (Å²) < 4.78 is 13.7. The van der Waals surface area contributed by atoms with Crippen LogP contribution in [0.2, 0.25) is 0 Å². The van der Waals surface area contributed by atoms with E-state index in [9.17, 15) is 9.50 Å². The van der Waals surface area contributed by atoms with E-state index in [0.29, 0.717) is 46.3 Å². The molecule has 152 valence electrons. The van der Waals surface area contributed by atoms with Crippen molar-refractivity contribution in [3.8, 4) is 28.1 Å². The number of nitrogens with one attached hydrogen (secondary N) is 2. The molecule has 2 aromatic heterocycles. The molecule has 4 rings (SSSR count). The second-order valence-corrected chi connectivity index (χ2v) is 7.80. The number of H-pyrrole nitrogens is 1. The minimum Gasteiger partial charge on any atom is -0.507 e. The van der Waals surface area contributed by atoms with Crippen LogP contribution >= 0.6 is 0 Å². The summed E-state index contributed by atoms with van der Waals surface area (Å²) in [6.45, 7) is 8.15. The van der Waals surface area contributed by atoms with Crippen LogP contribution in [0.15, 0.2) is 30.6 Å². The van der Waals surface area contributed by atoms with Gasteiger partial charge in [-0.1, -0.05) is 19.9 Å². The molecule has 0 bridgehead atoms. The summed E-state index contributed by atoms with van der Waals surface area (Å²) in [6.07, 6.45) is 2.98. The summed E-state index contributed by atoms with van der Waals surface area (Å²) in [5, 5.41) is 28.5. The maximum Gasteiger partial charge on any atom is 0.245 e. The van der Waals surface area contributed by atoms with E-state index in [1.165, 1.54) is 12.3 Å². The molecule has 0 aliphatic carbocycles. The van der Waals surface area contributed by atoms with Gasteiger partial charge in [0.05, 0.1) is 18.0 Å². The quantitative estimate of drug-likeness (QED) is 0.622. The van der Waals surface area contributed by atoms with Crippen LogP contribution in [-0.2, 0) is 0 Å². The summed E-state index contributed by atoms with van der Waals surface area (Å²) in [7, 11) is 0. The Morgan fingerprint density at radius 2 is 2.00 bits per heavy atom. The first-order chi connectivity index (χ1) is 13.9. The third-order valence-corrected chi connectivity index (χ3v) is 5.22. The molecule has 1 fully saturated rings. The zero-order valence-corrected chi connectivity index (χ0v) is 16.6. The van der Waals surface area contributed by atoms with E-state index in [0.717, 1.165) is 13.1 Å². The average Bonchev–Trinajstić information content (AvgIpc) is 3.13. The lowest BCUT2D eigenvalue weighted by Crippen LogP contribution is -2.57. The van der Waals surface area contributed by atoms with Crippen molar-refractivity contribution in [3.63, 3.8) is 0 Å². The summed E-state index contributed by atoms with van der Waals surface area (Å²) in [5.41, 5.74) is 1.75.